The molecule has 5 nitrogen and oxygen atoms in total. The highest BCUT2D eigenvalue weighted by atomic mass is 16.5. The average Bonchev–Trinajstić information content (AvgIpc) is 2.31. The largest absolute Gasteiger partial charge is 0.492 e. The third-order valence-corrected chi connectivity index (χ3v) is 2.21. The summed E-state index contributed by atoms with van der Waals surface area (Å²) in [5.41, 5.74) is 6.26. The van der Waals surface area contributed by atoms with Gasteiger partial charge in [-0.05, 0) is 32.0 Å². The van der Waals surface area contributed by atoms with Gasteiger partial charge in [0.2, 0.25) is 5.91 Å². The van der Waals surface area contributed by atoms with Crippen molar-refractivity contribution in [3.8, 4) is 11.8 Å². The van der Waals surface area contributed by atoms with Crippen molar-refractivity contribution in [2.75, 3.05) is 11.9 Å². The first-order valence-corrected chi connectivity index (χ1v) is 5.31. The van der Waals surface area contributed by atoms with Crippen LogP contribution in [0, 0.1) is 11.3 Å². The van der Waals surface area contributed by atoms with Crippen molar-refractivity contribution in [2.24, 2.45) is 5.73 Å². The minimum absolute atomic E-state index is 0.463. The zero-order valence-corrected chi connectivity index (χ0v) is 9.86. The van der Waals surface area contributed by atoms with Gasteiger partial charge in [0.15, 0.2) is 0 Å². The summed E-state index contributed by atoms with van der Waals surface area (Å²) in [6, 6.07) is 6.48. The molecule has 0 aliphatic rings. The molecule has 1 unspecified atom stereocenters. The molecule has 0 heterocycles. The second-order valence-electron chi connectivity index (χ2n) is 3.52. The van der Waals surface area contributed by atoms with Gasteiger partial charge in [0.05, 0.1) is 23.9 Å². The number of rotatable bonds is 5. The first-order valence-electron chi connectivity index (χ1n) is 5.31. The molecule has 0 aromatic heterocycles. The van der Waals surface area contributed by atoms with E-state index in [1.165, 1.54) is 0 Å². The maximum atomic E-state index is 11.0. The second-order valence-corrected chi connectivity index (χ2v) is 3.52. The molecule has 5 heteroatoms. The lowest BCUT2D eigenvalue weighted by atomic mass is 10.2. The van der Waals surface area contributed by atoms with E-state index in [2.05, 4.69) is 5.32 Å². The smallest absolute Gasteiger partial charge is 0.239 e. The van der Waals surface area contributed by atoms with E-state index in [9.17, 15) is 4.79 Å². The van der Waals surface area contributed by atoms with E-state index in [1.807, 2.05) is 13.0 Å². The van der Waals surface area contributed by atoms with Gasteiger partial charge in [0, 0.05) is 0 Å². The summed E-state index contributed by atoms with van der Waals surface area (Å²) in [6.45, 7) is 4.02. The molecular formula is C12H15N3O2. The number of nitrogens with two attached hydrogens (primary N) is 1. The highest BCUT2D eigenvalue weighted by molar-refractivity contribution is 5.83. The molecule has 0 fully saturated rings. The molecule has 90 valence electrons. The quantitative estimate of drug-likeness (QED) is 0.800. The fourth-order valence-electron chi connectivity index (χ4n) is 1.30. The van der Waals surface area contributed by atoms with Crippen LogP contribution < -0.4 is 15.8 Å². The lowest BCUT2D eigenvalue weighted by molar-refractivity contribution is -0.118. The summed E-state index contributed by atoms with van der Waals surface area (Å²) in [5, 5.41) is 11.7. The molecule has 17 heavy (non-hydrogen) atoms. The van der Waals surface area contributed by atoms with Crippen LogP contribution in [0.15, 0.2) is 18.2 Å². The Hall–Kier alpha value is -2.22. The summed E-state index contributed by atoms with van der Waals surface area (Å²) in [5.74, 6) is 0.134. The molecule has 0 saturated heterocycles. The normalized spacial score (nSPS) is 11.4. The van der Waals surface area contributed by atoms with E-state index < -0.39 is 11.9 Å². The Balaban J connectivity index is 3.01. The molecule has 1 aromatic carbocycles. The van der Waals surface area contributed by atoms with Crippen LogP contribution in [0.4, 0.5) is 5.69 Å². The fourth-order valence-corrected chi connectivity index (χ4v) is 1.30. The number of carbonyl (C=O) groups excluding carboxylic acids is 1. The van der Waals surface area contributed by atoms with E-state index in [4.69, 9.17) is 15.7 Å². The molecule has 0 radical (unpaired) electrons. The topological polar surface area (TPSA) is 88.1 Å². The Kier molecular flexibility index (Phi) is 4.35. The molecule has 0 spiro atoms. The van der Waals surface area contributed by atoms with Crippen LogP contribution in [0.25, 0.3) is 0 Å². The van der Waals surface area contributed by atoms with Crippen LogP contribution in [0.3, 0.4) is 0 Å². The van der Waals surface area contributed by atoms with Gasteiger partial charge in [-0.1, -0.05) is 0 Å². The van der Waals surface area contributed by atoms with Crippen LogP contribution in [0.2, 0.25) is 0 Å². The standard InChI is InChI=1S/C12H15N3O2/c1-3-17-11-5-4-9(7-13)6-10(11)15-8(2)12(14)16/h4-6,8,15H,3H2,1-2H3,(H2,14,16). The van der Waals surface area contributed by atoms with Crippen LogP contribution in [-0.2, 0) is 4.79 Å². The summed E-state index contributed by atoms with van der Waals surface area (Å²) in [4.78, 5) is 11.0. The van der Waals surface area contributed by atoms with Crippen molar-refractivity contribution in [1.29, 1.82) is 5.26 Å². The molecular weight excluding hydrogens is 218 g/mol. The SMILES string of the molecule is CCOc1ccc(C#N)cc1NC(C)C(N)=O. The Morgan fingerprint density at radius 3 is 2.88 bits per heavy atom. The Morgan fingerprint density at radius 2 is 2.35 bits per heavy atom. The molecule has 1 atom stereocenters. The average molecular weight is 233 g/mol. The van der Waals surface area contributed by atoms with Crippen molar-refractivity contribution in [1.82, 2.24) is 0 Å². The zero-order valence-electron chi connectivity index (χ0n) is 9.86. The molecule has 1 rings (SSSR count). The minimum atomic E-state index is -0.525. The molecule has 0 aliphatic heterocycles. The molecule has 1 amide bonds. The lowest BCUT2D eigenvalue weighted by Gasteiger charge is -2.15. The molecule has 0 bridgehead atoms. The van der Waals surface area contributed by atoms with Crippen molar-refractivity contribution >= 4 is 11.6 Å². The number of nitrogens with one attached hydrogen (secondary N) is 1. The summed E-state index contributed by atoms with van der Waals surface area (Å²) in [6.07, 6.45) is 0. The molecule has 0 saturated carbocycles. The Morgan fingerprint density at radius 1 is 1.65 bits per heavy atom. The number of anilines is 1. The number of hydrogen-bond acceptors (Lipinski definition) is 4. The fraction of sp³-hybridized carbons (Fsp3) is 0.333. The molecule has 3 N–H and O–H groups in total. The third kappa shape index (κ3) is 3.38. The number of benzene rings is 1. The number of hydrogen-bond donors (Lipinski definition) is 2. The molecule has 0 aliphatic carbocycles. The van der Waals surface area contributed by atoms with Gasteiger partial charge in [-0.15, -0.1) is 0 Å². The van der Waals surface area contributed by atoms with Crippen molar-refractivity contribution < 1.29 is 9.53 Å². The van der Waals surface area contributed by atoms with Crippen molar-refractivity contribution in [3.05, 3.63) is 23.8 Å². The lowest BCUT2D eigenvalue weighted by Crippen LogP contribution is -2.32. The Labute approximate surface area is 100 Å². The number of nitrogens with zero attached hydrogens (tertiary/aromatic N) is 1. The van der Waals surface area contributed by atoms with Gasteiger partial charge in [-0.25, -0.2) is 0 Å². The van der Waals surface area contributed by atoms with Gasteiger partial charge in [0.1, 0.15) is 11.8 Å². The van der Waals surface area contributed by atoms with E-state index in [0.717, 1.165) is 0 Å². The van der Waals surface area contributed by atoms with Gasteiger partial charge in [0.25, 0.3) is 0 Å². The molecule has 1 aromatic rings. The number of ether oxygens (including phenoxy) is 1. The van der Waals surface area contributed by atoms with E-state index >= 15 is 0 Å². The number of nitriles is 1. The first kappa shape index (κ1) is 12.8. The predicted octanol–water partition coefficient (Wildman–Crippen LogP) is 1.24. The van der Waals surface area contributed by atoms with Gasteiger partial charge >= 0.3 is 0 Å². The highest BCUT2D eigenvalue weighted by Crippen LogP contribution is 2.26. The van der Waals surface area contributed by atoms with Crippen LogP contribution in [0.1, 0.15) is 19.4 Å². The highest BCUT2D eigenvalue weighted by Gasteiger charge is 2.12. The summed E-state index contributed by atoms with van der Waals surface area (Å²) in [7, 11) is 0. The number of primary amides is 1. The van der Waals surface area contributed by atoms with E-state index in [-0.39, 0.29) is 0 Å². The van der Waals surface area contributed by atoms with Gasteiger partial charge < -0.3 is 15.8 Å². The number of amides is 1. The van der Waals surface area contributed by atoms with Crippen LogP contribution in [0.5, 0.6) is 5.75 Å². The first-order chi connectivity index (χ1) is 8.08. The van der Waals surface area contributed by atoms with Gasteiger partial charge in [-0.3, -0.25) is 4.79 Å². The van der Waals surface area contributed by atoms with E-state index in [0.29, 0.717) is 23.6 Å². The monoisotopic (exact) mass is 233 g/mol. The maximum Gasteiger partial charge on any atom is 0.239 e. The Bertz CT molecular complexity index is 452. The van der Waals surface area contributed by atoms with Gasteiger partial charge in [-0.2, -0.15) is 5.26 Å². The van der Waals surface area contributed by atoms with Crippen molar-refractivity contribution in [2.45, 2.75) is 19.9 Å². The maximum absolute atomic E-state index is 11.0. The third-order valence-electron chi connectivity index (χ3n) is 2.21. The minimum Gasteiger partial charge on any atom is -0.492 e. The second kappa shape index (κ2) is 5.75. The van der Waals surface area contributed by atoms with Crippen LogP contribution >= 0.6 is 0 Å². The predicted molar refractivity (Wildman–Crippen MR) is 64.6 cm³/mol. The number of carbonyl (C=O) groups is 1. The van der Waals surface area contributed by atoms with Crippen LogP contribution in [-0.4, -0.2) is 18.6 Å². The van der Waals surface area contributed by atoms with Crippen molar-refractivity contribution in [3.63, 3.8) is 0 Å². The summed E-state index contributed by atoms with van der Waals surface area (Å²) >= 11 is 0. The summed E-state index contributed by atoms with van der Waals surface area (Å²) < 4.78 is 5.39. The zero-order chi connectivity index (χ0) is 12.8. The van der Waals surface area contributed by atoms with E-state index in [1.54, 1.807) is 25.1 Å².